The van der Waals surface area contributed by atoms with Gasteiger partial charge in [0.25, 0.3) is 0 Å². The Kier molecular flexibility index (Phi) is 4.06. The van der Waals surface area contributed by atoms with Gasteiger partial charge in [0.1, 0.15) is 6.33 Å². The van der Waals surface area contributed by atoms with Crippen molar-refractivity contribution in [3.05, 3.63) is 48.7 Å². The lowest BCUT2D eigenvalue weighted by Gasteiger charge is -2.19. The van der Waals surface area contributed by atoms with Gasteiger partial charge in [-0.3, -0.25) is 4.98 Å². The standard InChI is InChI=1S/C12H14N4S/c1-9(13)12(10-3-2-5-14-7-10)17-11-4-6-15-8-16-11/h2-9,12H,13H2,1H3. The Morgan fingerprint density at radius 1 is 1.24 bits per heavy atom. The minimum Gasteiger partial charge on any atom is -0.327 e. The fraction of sp³-hybridized carbons (Fsp3) is 0.250. The second kappa shape index (κ2) is 5.75. The molecular formula is C12H14N4S. The van der Waals surface area contributed by atoms with E-state index in [1.54, 1.807) is 30.5 Å². The van der Waals surface area contributed by atoms with E-state index in [1.807, 2.05) is 31.3 Å². The molecule has 2 heterocycles. The van der Waals surface area contributed by atoms with E-state index in [0.717, 1.165) is 10.6 Å². The van der Waals surface area contributed by atoms with E-state index in [9.17, 15) is 0 Å². The molecule has 2 unspecified atom stereocenters. The lowest BCUT2D eigenvalue weighted by atomic mass is 10.1. The predicted molar refractivity (Wildman–Crippen MR) is 68.5 cm³/mol. The van der Waals surface area contributed by atoms with Gasteiger partial charge in [-0.25, -0.2) is 9.97 Å². The number of nitrogens with two attached hydrogens (primary N) is 1. The van der Waals surface area contributed by atoms with Crippen LogP contribution in [-0.2, 0) is 0 Å². The topological polar surface area (TPSA) is 64.7 Å². The summed E-state index contributed by atoms with van der Waals surface area (Å²) in [5.41, 5.74) is 7.14. The van der Waals surface area contributed by atoms with Crippen LogP contribution >= 0.6 is 11.8 Å². The molecule has 0 fully saturated rings. The normalized spacial score (nSPS) is 14.2. The Morgan fingerprint density at radius 2 is 2.12 bits per heavy atom. The molecule has 4 nitrogen and oxygen atoms in total. The molecular weight excluding hydrogens is 232 g/mol. The minimum absolute atomic E-state index is 0.0270. The number of nitrogens with zero attached hydrogens (tertiary/aromatic N) is 3. The van der Waals surface area contributed by atoms with Crippen molar-refractivity contribution >= 4 is 11.8 Å². The van der Waals surface area contributed by atoms with Crippen molar-refractivity contribution in [1.82, 2.24) is 15.0 Å². The van der Waals surface area contributed by atoms with Gasteiger partial charge >= 0.3 is 0 Å². The smallest absolute Gasteiger partial charge is 0.116 e. The number of aromatic nitrogens is 3. The molecule has 0 aliphatic heterocycles. The van der Waals surface area contributed by atoms with Gasteiger partial charge < -0.3 is 5.73 Å². The number of hydrogen-bond donors (Lipinski definition) is 1. The maximum atomic E-state index is 6.02. The molecule has 0 bridgehead atoms. The molecule has 88 valence electrons. The number of thioether (sulfide) groups is 1. The zero-order chi connectivity index (χ0) is 12.1. The minimum atomic E-state index is 0.0270. The van der Waals surface area contributed by atoms with Gasteiger partial charge in [0.15, 0.2) is 0 Å². The summed E-state index contributed by atoms with van der Waals surface area (Å²) in [6, 6.07) is 5.87. The van der Waals surface area contributed by atoms with Crippen LogP contribution in [0.4, 0.5) is 0 Å². The van der Waals surface area contributed by atoms with Gasteiger partial charge in [-0.2, -0.15) is 0 Å². The summed E-state index contributed by atoms with van der Waals surface area (Å²) >= 11 is 1.63. The predicted octanol–water partition coefficient (Wildman–Crippen LogP) is 2.05. The van der Waals surface area contributed by atoms with Crippen LogP contribution in [0.25, 0.3) is 0 Å². The molecule has 0 aromatic carbocycles. The summed E-state index contributed by atoms with van der Waals surface area (Å²) in [5, 5.41) is 1.07. The summed E-state index contributed by atoms with van der Waals surface area (Å²) in [5.74, 6) is 0. The molecule has 0 saturated heterocycles. The molecule has 17 heavy (non-hydrogen) atoms. The van der Waals surface area contributed by atoms with Crippen LogP contribution in [-0.4, -0.2) is 21.0 Å². The third-order valence-electron chi connectivity index (χ3n) is 2.29. The quantitative estimate of drug-likeness (QED) is 0.660. The molecule has 2 rings (SSSR count). The highest BCUT2D eigenvalue weighted by molar-refractivity contribution is 7.99. The zero-order valence-electron chi connectivity index (χ0n) is 9.52. The number of pyridine rings is 1. The summed E-state index contributed by atoms with van der Waals surface area (Å²) in [4.78, 5) is 12.2. The molecule has 2 aromatic rings. The molecule has 0 amide bonds. The molecule has 0 saturated carbocycles. The first-order valence-corrected chi connectivity index (χ1v) is 6.23. The Hall–Kier alpha value is -1.46. The van der Waals surface area contributed by atoms with E-state index in [1.165, 1.54) is 0 Å². The van der Waals surface area contributed by atoms with Crippen molar-refractivity contribution in [3.8, 4) is 0 Å². The summed E-state index contributed by atoms with van der Waals surface area (Å²) in [7, 11) is 0. The Morgan fingerprint density at radius 3 is 2.71 bits per heavy atom. The Balaban J connectivity index is 2.20. The maximum Gasteiger partial charge on any atom is 0.116 e. The van der Waals surface area contributed by atoms with Crippen molar-refractivity contribution in [3.63, 3.8) is 0 Å². The molecule has 5 heteroatoms. The van der Waals surface area contributed by atoms with Gasteiger partial charge in [-0.1, -0.05) is 17.8 Å². The Labute approximate surface area is 105 Å². The third kappa shape index (κ3) is 3.25. The molecule has 0 spiro atoms. The summed E-state index contributed by atoms with van der Waals surface area (Å²) < 4.78 is 0. The SMILES string of the molecule is CC(N)C(Sc1ccncn1)c1cccnc1. The molecule has 2 N–H and O–H groups in total. The third-order valence-corrected chi connectivity index (χ3v) is 3.73. The molecule has 0 aliphatic rings. The second-order valence-corrected chi connectivity index (χ2v) is 4.89. The van der Waals surface area contributed by atoms with Crippen LogP contribution < -0.4 is 5.73 Å². The van der Waals surface area contributed by atoms with E-state index >= 15 is 0 Å². The first-order chi connectivity index (χ1) is 8.27. The van der Waals surface area contributed by atoms with E-state index < -0.39 is 0 Å². The molecule has 0 radical (unpaired) electrons. The molecule has 2 aromatic heterocycles. The van der Waals surface area contributed by atoms with E-state index in [0.29, 0.717) is 0 Å². The highest BCUT2D eigenvalue weighted by Crippen LogP contribution is 2.35. The fourth-order valence-corrected chi connectivity index (χ4v) is 2.50. The monoisotopic (exact) mass is 246 g/mol. The van der Waals surface area contributed by atoms with Crippen molar-refractivity contribution in [2.45, 2.75) is 23.2 Å². The van der Waals surface area contributed by atoms with Crippen LogP contribution in [0.2, 0.25) is 0 Å². The largest absolute Gasteiger partial charge is 0.327 e. The highest BCUT2D eigenvalue weighted by atomic mass is 32.2. The van der Waals surface area contributed by atoms with Gasteiger partial charge in [-0.15, -0.1) is 0 Å². The van der Waals surface area contributed by atoms with Gasteiger partial charge in [0, 0.05) is 24.6 Å². The second-order valence-electron chi connectivity index (χ2n) is 3.73. The van der Waals surface area contributed by atoms with Crippen molar-refractivity contribution < 1.29 is 0 Å². The van der Waals surface area contributed by atoms with Gasteiger partial charge in [-0.05, 0) is 24.6 Å². The van der Waals surface area contributed by atoms with Gasteiger partial charge in [0.05, 0.1) is 10.3 Å². The van der Waals surface area contributed by atoms with Crippen LogP contribution in [0.5, 0.6) is 0 Å². The van der Waals surface area contributed by atoms with Crippen molar-refractivity contribution in [1.29, 1.82) is 0 Å². The lowest BCUT2D eigenvalue weighted by Crippen LogP contribution is -2.22. The first kappa shape index (κ1) is 12.0. The maximum absolute atomic E-state index is 6.02. The number of hydrogen-bond acceptors (Lipinski definition) is 5. The van der Waals surface area contributed by atoms with Gasteiger partial charge in [0.2, 0.25) is 0 Å². The van der Waals surface area contributed by atoms with Crippen LogP contribution in [0.3, 0.4) is 0 Å². The lowest BCUT2D eigenvalue weighted by molar-refractivity contribution is 0.717. The van der Waals surface area contributed by atoms with Crippen molar-refractivity contribution in [2.24, 2.45) is 5.73 Å². The Bertz CT molecular complexity index is 447. The summed E-state index contributed by atoms with van der Waals surface area (Å²) in [6.45, 7) is 1.99. The summed E-state index contributed by atoms with van der Waals surface area (Å²) in [6.07, 6.45) is 6.89. The van der Waals surface area contributed by atoms with E-state index in [4.69, 9.17) is 5.73 Å². The molecule has 0 aliphatic carbocycles. The van der Waals surface area contributed by atoms with Crippen LogP contribution in [0, 0.1) is 0 Å². The molecule has 2 atom stereocenters. The fourth-order valence-electron chi connectivity index (χ4n) is 1.50. The highest BCUT2D eigenvalue weighted by Gasteiger charge is 2.18. The van der Waals surface area contributed by atoms with Crippen LogP contribution in [0.15, 0.2) is 48.1 Å². The average Bonchev–Trinajstić information content (AvgIpc) is 2.38. The average molecular weight is 246 g/mol. The van der Waals surface area contributed by atoms with E-state index in [-0.39, 0.29) is 11.3 Å². The number of rotatable bonds is 4. The van der Waals surface area contributed by atoms with Crippen LogP contribution in [0.1, 0.15) is 17.7 Å². The zero-order valence-corrected chi connectivity index (χ0v) is 10.3. The van der Waals surface area contributed by atoms with Crippen molar-refractivity contribution in [2.75, 3.05) is 0 Å². The first-order valence-electron chi connectivity index (χ1n) is 5.35. The van der Waals surface area contributed by atoms with E-state index in [2.05, 4.69) is 15.0 Å².